The van der Waals surface area contributed by atoms with Crippen LogP contribution in [0, 0.1) is 5.92 Å². The Balaban J connectivity index is 1.82. The molecular formula is C14H20ClN5. The van der Waals surface area contributed by atoms with Crippen molar-refractivity contribution < 1.29 is 0 Å². The first-order chi connectivity index (χ1) is 9.67. The fourth-order valence-electron chi connectivity index (χ4n) is 2.52. The van der Waals surface area contributed by atoms with Gasteiger partial charge in [0.2, 0.25) is 0 Å². The molecule has 2 aromatic heterocycles. The molecule has 6 heteroatoms. The van der Waals surface area contributed by atoms with Crippen LogP contribution in [0.3, 0.4) is 0 Å². The Hall–Kier alpha value is -1.20. The first-order valence-electron chi connectivity index (χ1n) is 7.24. The Kier molecular flexibility index (Phi) is 3.89. The smallest absolute Gasteiger partial charge is 0.162 e. The molecule has 0 aromatic carbocycles. The van der Waals surface area contributed by atoms with E-state index >= 15 is 0 Å². The summed E-state index contributed by atoms with van der Waals surface area (Å²) in [5.41, 5.74) is 0.808. The number of nitrogens with zero attached hydrogens (tertiary/aromatic N) is 5. The highest BCUT2D eigenvalue weighted by molar-refractivity contribution is 6.33. The van der Waals surface area contributed by atoms with Crippen LogP contribution in [0.25, 0.3) is 11.0 Å². The van der Waals surface area contributed by atoms with Crippen molar-refractivity contribution >= 4 is 22.6 Å². The van der Waals surface area contributed by atoms with Crippen LogP contribution in [0.15, 0.2) is 6.20 Å². The van der Waals surface area contributed by atoms with Gasteiger partial charge < -0.3 is 0 Å². The van der Waals surface area contributed by atoms with Gasteiger partial charge in [-0.15, -0.1) is 0 Å². The largest absolute Gasteiger partial charge is 0.296 e. The van der Waals surface area contributed by atoms with E-state index < -0.39 is 0 Å². The summed E-state index contributed by atoms with van der Waals surface area (Å²) in [6.07, 6.45) is 5.59. The van der Waals surface area contributed by atoms with E-state index in [4.69, 9.17) is 11.6 Å². The normalized spacial score (nSPS) is 15.4. The molecule has 0 saturated heterocycles. The zero-order valence-electron chi connectivity index (χ0n) is 12.0. The number of hydrogen-bond donors (Lipinski definition) is 0. The standard InChI is InChI=1S/C14H20ClN5/c1-3-6-20(8-10-4-5-10)9-12-17-13(15)11-7-16-19(2)14(11)18-12/h7,10H,3-6,8-9H2,1-2H3. The zero-order valence-corrected chi connectivity index (χ0v) is 12.8. The zero-order chi connectivity index (χ0) is 14.1. The molecule has 20 heavy (non-hydrogen) atoms. The molecule has 0 spiro atoms. The third kappa shape index (κ3) is 2.94. The number of aryl methyl sites for hydroxylation is 1. The van der Waals surface area contributed by atoms with E-state index in [9.17, 15) is 0 Å². The highest BCUT2D eigenvalue weighted by Gasteiger charge is 2.24. The predicted molar refractivity (Wildman–Crippen MR) is 79.6 cm³/mol. The number of rotatable bonds is 6. The van der Waals surface area contributed by atoms with E-state index in [1.807, 2.05) is 7.05 Å². The molecule has 108 valence electrons. The van der Waals surface area contributed by atoms with Crippen LogP contribution in [0.5, 0.6) is 0 Å². The molecule has 3 rings (SSSR count). The van der Waals surface area contributed by atoms with E-state index in [0.29, 0.717) is 5.15 Å². The lowest BCUT2D eigenvalue weighted by Crippen LogP contribution is -2.27. The predicted octanol–water partition coefficient (Wildman–Crippen LogP) is 2.64. The maximum Gasteiger partial charge on any atom is 0.162 e. The van der Waals surface area contributed by atoms with Gasteiger partial charge >= 0.3 is 0 Å². The maximum atomic E-state index is 6.23. The second-order valence-corrected chi connectivity index (χ2v) is 5.97. The Morgan fingerprint density at radius 3 is 2.90 bits per heavy atom. The number of halogens is 1. The molecule has 0 amide bonds. The highest BCUT2D eigenvalue weighted by atomic mass is 35.5. The van der Waals surface area contributed by atoms with Crippen LogP contribution in [-0.4, -0.2) is 37.7 Å². The van der Waals surface area contributed by atoms with E-state index in [-0.39, 0.29) is 0 Å². The Bertz CT molecular complexity index is 605. The molecule has 0 N–H and O–H groups in total. The van der Waals surface area contributed by atoms with Crippen molar-refractivity contribution in [3.63, 3.8) is 0 Å². The van der Waals surface area contributed by atoms with Crippen LogP contribution in [0.4, 0.5) is 0 Å². The van der Waals surface area contributed by atoms with Crippen LogP contribution in [0.2, 0.25) is 5.15 Å². The summed E-state index contributed by atoms with van der Waals surface area (Å²) in [6, 6.07) is 0. The molecule has 0 radical (unpaired) electrons. The Morgan fingerprint density at radius 1 is 1.40 bits per heavy atom. The van der Waals surface area contributed by atoms with Crippen molar-refractivity contribution in [2.24, 2.45) is 13.0 Å². The minimum absolute atomic E-state index is 0.501. The topological polar surface area (TPSA) is 46.8 Å². The van der Waals surface area contributed by atoms with E-state index in [1.165, 1.54) is 12.8 Å². The highest BCUT2D eigenvalue weighted by Crippen LogP contribution is 2.30. The minimum Gasteiger partial charge on any atom is -0.296 e. The molecule has 1 saturated carbocycles. The number of fused-ring (bicyclic) bond motifs is 1. The average Bonchev–Trinajstić information content (AvgIpc) is 3.13. The SMILES string of the molecule is CCCN(Cc1nc(Cl)c2cnn(C)c2n1)CC1CC1. The third-order valence-electron chi connectivity index (χ3n) is 3.71. The molecule has 0 bridgehead atoms. The summed E-state index contributed by atoms with van der Waals surface area (Å²) in [7, 11) is 1.88. The lowest BCUT2D eigenvalue weighted by molar-refractivity contribution is 0.249. The molecule has 1 aliphatic carbocycles. The Morgan fingerprint density at radius 2 is 2.20 bits per heavy atom. The lowest BCUT2D eigenvalue weighted by atomic mass is 10.3. The van der Waals surface area contributed by atoms with Gasteiger partial charge in [-0.2, -0.15) is 5.10 Å². The number of aromatic nitrogens is 4. The van der Waals surface area contributed by atoms with Crippen LogP contribution < -0.4 is 0 Å². The van der Waals surface area contributed by atoms with Crippen molar-refractivity contribution in [3.05, 3.63) is 17.2 Å². The van der Waals surface area contributed by atoms with Gasteiger partial charge in [0, 0.05) is 13.6 Å². The van der Waals surface area contributed by atoms with Crippen LogP contribution in [-0.2, 0) is 13.6 Å². The summed E-state index contributed by atoms with van der Waals surface area (Å²) in [5, 5.41) is 5.51. The van der Waals surface area contributed by atoms with Gasteiger partial charge in [0.15, 0.2) is 5.65 Å². The molecule has 2 heterocycles. The van der Waals surface area contributed by atoms with E-state index in [1.54, 1.807) is 10.9 Å². The summed E-state index contributed by atoms with van der Waals surface area (Å²) < 4.78 is 1.75. The molecule has 5 nitrogen and oxygen atoms in total. The monoisotopic (exact) mass is 293 g/mol. The number of hydrogen-bond acceptors (Lipinski definition) is 4. The van der Waals surface area contributed by atoms with Gasteiger partial charge in [-0.25, -0.2) is 9.97 Å². The summed E-state index contributed by atoms with van der Waals surface area (Å²) in [4.78, 5) is 11.5. The van der Waals surface area contributed by atoms with Gasteiger partial charge in [0.25, 0.3) is 0 Å². The van der Waals surface area contributed by atoms with Crippen molar-refractivity contribution in [1.29, 1.82) is 0 Å². The van der Waals surface area contributed by atoms with E-state index in [2.05, 4.69) is 26.9 Å². The van der Waals surface area contributed by atoms with Gasteiger partial charge in [-0.3, -0.25) is 9.58 Å². The molecule has 0 unspecified atom stereocenters. The van der Waals surface area contributed by atoms with Gasteiger partial charge in [-0.1, -0.05) is 18.5 Å². The maximum absolute atomic E-state index is 6.23. The van der Waals surface area contributed by atoms with Crippen molar-refractivity contribution in [3.8, 4) is 0 Å². The second-order valence-electron chi connectivity index (χ2n) is 5.61. The summed E-state index contributed by atoms with van der Waals surface area (Å²) >= 11 is 6.23. The fraction of sp³-hybridized carbons (Fsp3) is 0.643. The van der Waals surface area contributed by atoms with Crippen LogP contribution in [0.1, 0.15) is 32.0 Å². The second kappa shape index (κ2) is 5.66. The van der Waals surface area contributed by atoms with Gasteiger partial charge in [0.1, 0.15) is 11.0 Å². The average molecular weight is 294 g/mol. The first-order valence-corrected chi connectivity index (χ1v) is 7.61. The molecule has 1 fully saturated rings. The van der Waals surface area contributed by atoms with Gasteiger partial charge in [-0.05, 0) is 31.7 Å². The van der Waals surface area contributed by atoms with Crippen LogP contribution >= 0.6 is 11.6 Å². The van der Waals surface area contributed by atoms with Gasteiger partial charge in [0.05, 0.1) is 18.1 Å². The first kappa shape index (κ1) is 13.8. The molecule has 1 aliphatic rings. The lowest BCUT2D eigenvalue weighted by Gasteiger charge is -2.20. The van der Waals surface area contributed by atoms with Crippen molar-refractivity contribution in [2.75, 3.05) is 13.1 Å². The van der Waals surface area contributed by atoms with Crippen molar-refractivity contribution in [1.82, 2.24) is 24.6 Å². The third-order valence-corrected chi connectivity index (χ3v) is 4.00. The molecule has 2 aromatic rings. The fourth-order valence-corrected chi connectivity index (χ4v) is 2.75. The Labute approximate surface area is 124 Å². The quantitative estimate of drug-likeness (QED) is 0.768. The van der Waals surface area contributed by atoms with Crippen molar-refractivity contribution in [2.45, 2.75) is 32.7 Å². The summed E-state index contributed by atoms with van der Waals surface area (Å²) in [6.45, 7) is 5.21. The molecule has 0 atom stereocenters. The molecule has 0 aliphatic heterocycles. The molecular weight excluding hydrogens is 274 g/mol. The minimum atomic E-state index is 0.501. The summed E-state index contributed by atoms with van der Waals surface area (Å²) in [5.74, 6) is 1.66. The van der Waals surface area contributed by atoms with E-state index in [0.717, 1.165) is 48.8 Å².